The number of anilines is 2. The Morgan fingerprint density at radius 1 is 0.541 bits per heavy atom. The summed E-state index contributed by atoms with van der Waals surface area (Å²) in [6.07, 6.45) is 0. The van der Waals surface area contributed by atoms with Gasteiger partial charge in [-0.15, -0.1) is 0 Å². The fourth-order valence-corrected chi connectivity index (χ4v) is 11.7. The van der Waals surface area contributed by atoms with Crippen LogP contribution in [0, 0.1) is 6.92 Å². The van der Waals surface area contributed by atoms with Gasteiger partial charge in [0.1, 0.15) is 22.3 Å². The van der Waals surface area contributed by atoms with Crippen LogP contribution in [-0.4, -0.2) is 11.4 Å². The molecule has 1 aliphatic carbocycles. The molecule has 0 fully saturated rings. The summed E-state index contributed by atoms with van der Waals surface area (Å²) in [6, 6.07) is 52.3. The number of hydrogen-bond acceptors (Lipinski definition) is 3. The second-order valence-corrected chi connectivity index (χ2v) is 19.3. The first-order valence-corrected chi connectivity index (χ1v) is 21.6. The SMILES string of the molecule is Cc1cc2c3c4c1c1cc5oc6ccccc6c5cc1n4-c1cc4oc5ccccc5c4cc1B3N(c1ccc(C(C)(C)C)cc1)c1cc3c(cc1-2)-c1ccccc1C3(C)C. The Labute approximate surface area is 353 Å². The van der Waals surface area contributed by atoms with Gasteiger partial charge in [0.2, 0.25) is 0 Å². The molecule has 0 bridgehead atoms. The second kappa shape index (κ2) is 11.0. The summed E-state index contributed by atoms with van der Waals surface area (Å²) >= 11 is 0. The zero-order chi connectivity index (χ0) is 40.8. The van der Waals surface area contributed by atoms with Crippen molar-refractivity contribution in [1.82, 2.24) is 4.57 Å². The normalized spacial score (nSPS) is 14.8. The first-order chi connectivity index (χ1) is 29.5. The van der Waals surface area contributed by atoms with Crippen molar-refractivity contribution in [2.45, 2.75) is 52.4 Å². The molecule has 3 aliphatic rings. The Morgan fingerprint density at radius 3 is 1.95 bits per heavy atom. The van der Waals surface area contributed by atoms with E-state index in [1.54, 1.807) is 0 Å². The van der Waals surface area contributed by atoms with Gasteiger partial charge in [-0.2, -0.15) is 0 Å². The summed E-state index contributed by atoms with van der Waals surface area (Å²) in [6.45, 7) is 13.9. The standard InChI is InChI=1S/C56H41BN2O2/c1-30-23-40-37-24-36-33-13-7-10-16-42(33)56(5,6)43(36)28-46(37)59(32-21-19-31(20-22-32)55(2,3)4)57-44-25-38-34-14-8-11-17-48(34)61-51(38)29-47(44)58-45-26-39-35-15-9-12-18-49(35)60-50(39)27-41(45)52(30)54(58)53(40)57/h7-29H,1-6H3. The van der Waals surface area contributed by atoms with Gasteiger partial charge in [0.25, 0.3) is 0 Å². The molecule has 0 amide bonds. The third-order valence-corrected chi connectivity index (χ3v) is 14.6. The Balaban J connectivity index is 1.18. The largest absolute Gasteiger partial charge is 0.456 e. The molecule has 11 aromatic rings. The van der Waals surface area contributed by atoms with Gasteiger partial charge in [-0.3, -0.25) is 0 Å². The molecule has 3 aromatic heterocycles. The molecule has 0 N–H and O–H groups in total. The van der Waals surface area contributed by atoms with E-state index in [2.05, 4.69) is 190 Å². The van der Waals surface area contributed by atoms with Crippen molar-refractivity contribution in [3.63, 3.8) is 0 Å². The Bertz CT molecular complexity index is 3800. The first kappa shape index (κ1) is 33.8. The summed E-state index contributed by atoms with van der Waals surface area (Å²) in [4.78, 5) is 2.67. The van der Waals surface area contributed by atoms with E-state index in [0.29, 0.717) is 0 Å². The molecule has 5 heterocycles. The predicted molar refractivity (Wildman–Crippen MR) is 255 cm³/mol. The van der Waals surface area contributed by atoms with E-state index in [0.717, 1.165) is 49.6 Å². The summed E-state index contributed by atoms with van der Waals surface area (Å²) in [7, 11) is 0. The van der Waals surface area contributed by atoms with Crippen molar-refractivity contribution >= 4 is 94.8 Å². The molecule has 14 rings (SSSR count). The number of furan rings is 2. The molecule has 0 atom stereocenters. The van der Waals surface area contributed by atoms with Crippen molar-refractivity contribution in [1.29, 1.82) is 0 Å². The van der Waals surface area contributed by atoms with Crippen LogP contribution in [0.25, 0.3) is 93.6 Å². The molecule has 0 saturated carbocycles. The lowest BCUT2D eigenvalue weighted by Crippen LogP contribution is -2.60. The minimum Gasteiger partial charge on any atom is -0.456 e. The Morgan fingerprint density at radius 2 is 1.21 bits per heavy atom. The summed E-state index contributed by atoms with van der Waals surface area (Å²) in [5.41, 5.74) is 22.7. The molecule has 5 heteroatoms. The van der Waals surface area contributed by atoms with Crippen LogP contribution >= 0.6 is 0 Å². The van der Waals surface area contributed by atoms with Gasteiger partial charge in [0.15, 0.2) is 0 Å². The van der Waals surface area contributed by atoms with Gasteiger partial charge in [-0.25, -0.2) is 0 Å². The lowest BCUT2D eigenvalue weighted by atomic mass is 9.43. The first-order valence-electron chi connectivity index (χ1n) is 21.6. The predicted octanol–water partition coefficient (Wildman–Crippen LogP) is 13.7. The van der Waals surface area contributed by atoms with Gasteiger partial charge in [-0.1, -0.05) is 120 Å². The van der Waals surface area contributed by atoms with Crippen LogP contribution in [0.5, 0.6) is 0 Å². The third-order valence-electron chi connectivity index (χ3n) is 14.6. The topological polar surface area (TPSA) is 34.5 Å². The fraction of sp³-hybridized carbons (Fsp3) is 0.143. The highest BCUT2D eigenvalue weighted by atomic mass is 16.3. The van der Waals surface area contributed by atoms with E-state index in [1.165, 1.54) is 88.6 Å². The lowest BCUT2D eigenvalue weighted by molar-refractivity contribution is 0.590. The van der Waals surface area contributed by atoms with Crippen LogP contribution in [0.2, 0.25) is 0 Å². The van der Waals surface area contributed by atoms with Crippen LogP contribution < -0.4 is 15.7 Å². The quantitative estimate of drug-likeness (QED) is 0.156. The number of aromatic nitrogens is 1. The van der Waals surface area contributed by atoms with Crippen molar-refractivity contribution in [3.8, 4) is 27.9 Å². The van der Waals surface area contributed by atoms with Crippen LogP contribution in [0.3, 0.4) is 0 Å². The highest BCUT2D eigenvalue weighted by Gasteiger charge is 2.46. The summed E-state index contributed by atoms with van der Waals surface area (Å²) in [5.74, 6) is 0. The maximum Gasteiger partial charge on any atom is 0.333 e. The van der Waals surface area contributed by atoms with Crippen LogP contribution in [-0.2, 0) is 10.8 Å². The highest BCUT2D eigenvalue weighted by molar-refractivity contribution is 6.94. The highest BCUT2D eigenvalue weighted by Crippen LogP contribution is 2.55. The van der Waals surface area contributed by atoms with E-state index in [1.807, 2.05) is 0 Å². The monoisotopic (exact) mass is 784 g/mol. The number of hydrogen-bond donors (Lipinski definition) is 0. The van der Waals surface area contributed by atoms with Crippen LogP contribution in [0.4, 0.5) is 11.4 Å². The van der Waals surface area contributed by atoms with Crippen molar-refractivity contribution < 1.29 is 8.83 Å². The summed E-state index contributed by atoms with van der Waals surface area (Å²) < 4.78 is 15.9. The van der Waals surface area contributed by atoms with Gasteiger partial charge in [-0.05, 0) is 111 Å². The minimum atomic E-state index is -0.150. The van der Waals surface area contributed by atoms with Crippen LogP contribution in [0.15, 0.2) is 148 Å². The molecule has 2 aliphatic heterocycles. The second-order valence-electron chi connectivity index (χ2n) is 19.3. The maximum atomic E-state index is 6.71. The van der Waals surface area contributed by atoms with Crippen molar-refractivity contribution in [3.05, 3.63) is 162 Å². The Hall–Kier alpha value is -6.98. The van der Waals surface area contributed by atoms with Gasteiger partial charge in [0, 0.05) is 66.4 Å². The summed E-state index contributed by atoms with van der Waals surface area (Å²) in [5, 5.41) is 7.02. The van der Waals surface area contributed by atoms with Crippen molar-refractivity contribution in [2.24, 2.45) is 0 Å². The third kappa shape index (κ3) is 4.17. The molecule has 0 spiro atoms. The molecule has 8 aromatic carbocycles. The van der Waals surface area contributed by atoms with Crippen LogP contribution in [0.1, 0.15) is 56.9 Å². The van der Waals surface area contributed by atoms with Crippen molar-refractivity contribution in [2.75, 3.05) is 4.81 Å². The zero-order valence-corrected chi connectivity index (χ0v) is 35.1. The molecule has 0 saturated heterocycles. The number of benzene rings is 8. The van der Waals surface area contributed by atoms with Gasteiger partial charge in [0.05, 0.1) is 11.0 Å². The van der Waals surface area contributed by atoms with Gasteiger partial charge < -0.3 is 18.2 Å². The molecule has 61 heavy (non-hydrogen) atoms. The van der Waals surface area contributed by atoms with E-state index < -0.39 is 0 Å². The minimum absolute atomic E-state index is 0.0298. The molecule has 0 unspecified atom stereocenters. The van der Waals surface area contributed by atoms with Gasteiger partial charge >= 0.3 is 6.85 Å². The molecule has 290 valence electrons. The zero-order valence-electron chi connectivity index (χ0n) is 35.1. The van der Waals surface area contributed by atoms with E-state index in [4.69, 9.17) is 8.83 Å². The molecule has 4 nitrogen and oxygen atoms in total. The smallest absolute Gasteiger partial charge is 0.333 e. The lowest BCUT2D eigenvalue weighted by Gasteiger charge is -2.43. The number of nitrogens with zero attached hydrogens (tertiary/aromatic N) is 2. The van der Waals surface area contributed by atoms with E-state index >= 15 is 0 Å². The molecular weight excluding hydrogens is 743 g/mol. The number of rotatable bonds is 1. The average Bonchev–Trinajstić information content (AvgIpc) is 3.98. The average molecular weight is 785 g/mol. The fourth-order valence-electron chi connectivity index (χ4n) is 11.7. The number of aryl methyl sites for hydroxylation is 1. The molecule has 0 radical (unpaired) electrons. The maximum absolute atomic E-state index is 6.71. The Kier molecular flexibility index (Phi) is 6.12. The van der Waals surface area contributed by atoms with E-state index in [-0.39, 0.29) is 17.7 Å². The molecular formula is C56H41BN2O2. The number of fused-ring (bicyclic) bond motifs is 17. The van der Waals surface area contributed by atoms with E-state index in [9.17, 15) is 0 Å². The number of para-hydroxylation sites is 2.